The molecule has 0 amide bonds. The number of rotatable bonds is 6. The molecule has 1 aromatic rings. The van der Waals surface area contributed by atoms with Gasteiger partial charge in [-0.2, -0.15) is 0 Å². The van der Waals surface area contributed by atoms with Gasteiger partial charge in [0, 0.05) is 6.42 Å². The number of carbonyl (C=O) groups is 1. The van der Waals surface area contributed by atoms with Crippen molar-refractivity contribution in [1.82, 2.24) is 0 Å². The van der Waals surface area contributed by atoms with E-state index < -0.39 is 20.0 Å². The summed E-state index contributed by atoms with van der Waals surface area (Å²) in [5.74, 6) is 0.0982. The molecule has 1 saturated heterocycles. The van der Waals surface area contributed by atoms with E-state index in [0.29, 0.717) is 19.6 Å². The first-order chi connectivity index (χ1) is 12.1. The summed E-state index contributed by atoms with van der Waals surface area (Å²) in [6.07, 6.45) is 3.58. The molecule has 0 aliphatic carbocycles. The van der Waals surface area contributed by atoms with Gasteiger partial charge in [-0.3, -0.25) is 4.79 Å². The summed E-state index contributed by atoms with van der Waals surface area (Å²) < 4.78 is 18.7. The van der Waals surface area contributed by atoms with E-state index in [0.717, 1.165) is 5.56 Å². The van der Waals surface area contributed by atoms with E-state index in [9.17, 15) is 4.79 Å². The Morgan fingerprint density at radius 2 is 1.92 bits per heavy atom. The van der Waals surface area contributed by atoms with Gasteiger partial charge < -0.3 is 13.9 Å². The van der Waals surface area contributed by atoms with E-state index in [2.05, 4.69) is 33.9 Å². The van der Waals surface area contributed by atoms with Crippen LogP contribution in [0.25, 0.3) is 0 Å². The van der Waals surface area contributed by atoms with Crippen LogP contribution in [0.4, 0.5) is 0 Å². The first-order valence-electron chi connectivity index (χ1n) is 9.32. The molecule has 3 atom stereocenters. The van der Waals surface area contributed by atoms with Crippen LogP contribution in [-0.4, -0.2) is 38.5 Å². The molecule has 26 heavy (non-hydrogen) atoms. The van der Waals surface area contributed by atoms with E-state index in [1.54, 1.807) is 0 Å². The zero-order valence-electron chi connectivity index (χ0n) is 16.5. The Labute approximate surface area is 157 Å². The first kappa shape index (κ1) is 19.5. The average Bonchev–Trinajstić information content (AvgIpc) is 2.92. The molecule has 4 nitrogen and oxygen atoms in total. The van der Waals surface area contributed by atoms with Crippen LogP contribution in [0.2, 0.25) is 18.1 Å². The Balaban J connectivity index is 1.75. The van der Waals surface area contributed by atoms with Gasteiger partial charge >= 0.3 is 0 Å². The van der Waals surface area contributed by atoms with Crippen molar-refractivity contribution < 1.29 is 18.7 Å². The summed E-state index contributed by atoms with van der Waals surface area (Å²) in [5, 5.41) is 0.102. The molecule has 5 heteroatoms. The second kappa shape index (κ2) is 7.04. The molecule has 3 rings (SSSR count). The second-order valence-electron chi connectivity index (χ2n) is 8.87. The molecule has 0 radical (unpaired) electrons. The van der Waals surface area contributed by atoms with Crippen LogP contribution in [0, 0.1) is 0 Å². The third kappa shape index (κ3) is 3.86. The fraction of sp³-hybridized carbons (Fsp3) is 0.571. The molecule has 2 aliphatic heterocycles. The lowest BCUT2D eigenvalue weighted by atomic mass is 9.92. The SMILES string of the molecule is CC(C)(C)[Si](C)(C)OC[C@]12C=C[C@H](CC(=O)[C@@H]1OCc1ccccc1)O2. The quantitative estimate of drug-likeness (QED) is 0.551. The van der Waals surface area contributed by atoms with Gasteiger partial charge in [0.15, 0.2) is 20.2 Å². The maximum absolute atomic E-state index is 12.7. The Morgan fingerprint density at radius 1 is 1.23 bits per heavy atom. The smallest absolute Gasteiger partial charge is 0.192 e. The van der Waals surface area contributed by atoms with Crippen molar-refractivity contribution in [1.29, 1.82) is 0 Å². The molecule has 1 fully saturated rings. The highest BCUT2D eigenvalue weighted by Gasteiger charge is 2.53. The van der Waals surface area contributed by atoms with Gasteiger partial charge in [0.05, 0.1) is 19.3 Å². The molecule has 0 aromatic heterocycles. The van der Waals surface area contributed by atoms with Gasteiger partial charge in [-0.15, -0.1) is 0 Å². The number of benzene rings is 1. The minimum Gasteiger partial charge on any atom is -0.413 e. The van der Waals surface area contributed by atoms with Crippen molar-refractivity contribution >= 4 is 14.1 Å². The number of ketones is 1. The Hall–Kier alpha value is -1.27. The summed E-state index contributed by atoms with van der Waals surface area (Å²) in [4.78, 5) is 12.7. The van der Waals surface area contributed by atoms with Crippen LogP contribution in [-0.2, 0) is 25.3 Å². The highest BCUT2D eigenvalue weighted by molar-refractivity contribution is 6.74. The summed E-state index contributed by atoms with van der Waals surface area (Å²) in [5.41, 5.74) is 0.245. The van der Waals surface area contributed by atoms with Gasteiger partial charge in [0.2, 0.25) is 0 Å². The number of carbonyl (C=O) groups excluding carboxylic acids is 1. The number of hydrogen-bond donors (Lipinski definition) is 0. The molecule has 142 valence electrons. The minimum absolute atomic E-state index is 0.0982. The standard InChI is InChI=1S/C21H30O4Si/c1-20(2,3)26(4,5)24-15-21-12-11-17(25-21)13-18(22)19(21)23-14-16-9-7-6-8-10-16/h6-12,17,19H,13-15H2,1-5H3/t17-,19+,21-/m1/s1. The summed E-state index contributed by atoms with van der Waals surface area (Å²) in [7, 11) is -1.95. The van der Waals surface area contributed by atoms with Crippen LogP contribution in [0.1, 0.15) is 32.8 Å². The van der Waals surface area contributed by atoms with E-state index in [-0.39, 0.29) is 16.9 Å². The van der Waals surface area contributed by atoms with Crippen molar-refractivity contribution in [2.24, 2.45) is 0 Å². The van der Waals surface area contributed by atoms with Crippen molar-refractivity contribution in [2.75, 3.05) is 6.61 Å². The van der Waals surface area contributed by atoms with Crippen molar-refractivity contribution in [2.45, 2.75) is 69.7 Å². The zero-order valence-corrected chi connectivity index (χ0v) is 17.5. The third-order valence-corrected chi connectivity index (χ3v) is 10.3. The maximum Gasteiger partial charge on any atom is 0.192 e. The predicted molar refractivity (Wildman–Crippen MR) is 105 cm³/mol. The zero-order chi connectivity index (χ0) is 19.0. The number of hydrogen-bond acceptors (Lipinski definition) is 4. The lowest BCUT2D eigenvalue weighted by molar-refractivity contribution is -0.184. The monoisotopic (exact) mass is 374 g/mol. The van der Waals surface area contributed by atoms with E-state index >= 15 is 0 Å². The van der Waals surface area contributed by atoms with Crippen LogP contribution < -0.4 is 0 Å². The summed E-state index contributed by atoms with van der Waals surface area (Å²) >= 11 is 0. The highest BCUT2D eigenvalue weighted by Crippen LogP contribution is 2.41. The van der Waals surface area contributed by atoms with Crippen LogP contribution in [0.15, 0.2) is 42.5 Å². The molecule has 0 N–H and O–H groups in total. The van der Waals surface area contributed by atoms with Gasteiger partial charge in [-0.1, -0.05) is 57.2 Å². The lowest BCUT2D eigenvalue weighted by Gasteiger charge is -2.43. The third-order valence-electron chi connectivity index (χ3n) is 5.83. The first-order valence-corrected chi connectivity index (χ1v) is 12.2. The van der Waals surface area contributed by atoms with Gasteiger partial charge in [-0.05, 0) is 29.8 Å². The summed E-state index contributed by atoms with van der Waals surface area (Å²) in [6, 6.07) is 9.91. The summed E-state index contributed by atoms with van der Waals surface area (Å²) in [6.45, 7) is 11.8. The van der Waals surface area contributed by atoms with Crippen LogP contribution in [0.3, 0.4) is 0 Å². The average molecular weight is 375 g/mol. The molecular formula is C21H30O4Si. The van der Waals surface area contributed by atoms with Crippen LogP contribution in [0.5, 0.6) is 0 Å². The van der Waals surface area contributed by atoms with Gasteiger partial charge in [0.1, 0.15) is 5.60 Å². The molecule has 2 bridgehead atoms. The molecule has 1 aromatic carbocycles. The number of ether oxygens (including phenoxy) is 2. The van der Waals surface area contributed by atoms with Gasteiger partial charge in [-0.25, -0.2) is 0 Å². The Morgan fingerprint density at radius 3 is 2.58 bits per heavy atom. The van der Waals surface area contributed by atoms with Crippen molar-refractivity contribution in [3.63, 3.8) is 0 Å². The van der Waals surface area contributed by atoms with E-state index in [1.165, 1.54) is 0 Å². The lowest BCUT2D eigenvalue weighted by Crippen LogP contribution is -2.57. The molecule has 2 aliphatic rings. The van der Waals surface area contributed by atoms with Crippen LogP contribution >= 0.6 is 0 Å². The number of Topliss-reactive ketones (excluding diaryl/α,β-unsaturated/α-hetero) is 1. The Bertz CT molecular complexity index is 677. The minimum atomic E-state index is -1.95. The molecular weight excluding hydrogens is 344 g/mol. The Kier molecular flexibility index (Phi) is 5.28. The fourth-order valence-electron chi connectivity index (χ4n) is 3.12. The van der Waals surface area contributed by atoms with E-state index in [1.807, 2.05) is 42.5 Å². The second-order valence-corrected chi connectivity index (χ2v) is 13.7. The maximum atomic E-state index is 12.7. The predicted octanol–water partition coefficient (Wildman–Crippen LogP) is 4.26. The highest BCUT2D eigenvalue weighted by atomic mass is 28.4. The van der Waals surface area contributed by atoms with E-state index in [4.69, 9.17) is 13.9 Å². The van der Waals surface area contributed by atoms with Gasteiger partial charge in [0.25, 0.3) is 0 Å². The fourth-order valence-corrected chi connectivity index (χ4v) is 4.14. The molecule has 2 heterocycles. The largest absolute Gasteiger partial charge is 0.413 e. The normalized spacial score (nSPS) is 28.6. The topological polar surface area (TPSA) is 44.8 Å². The van der Waals surface area contributed by atoms with Crippen molar-refractivity contribution in [3.05, 3.63) is 48.0 Å². The number of fused-ring (bicyclic) bond motifs is 2. The molecule has 0 spiro atoms. The molecule has 0 unspecified atom stereocenters. The van der Waals surface area contributed by atoms with Crippen molar-refractivity contribution in [3.8, 4) is 0 Å². The molecule has 0 saturated carbocycles.